The van der Waals surface area contributed by atoms with Crippen molar-refractivity contribution in [2.75, 3.05) is 11.9 Å². The first-order valence-electron chi connectivity index (χ1n) is 8.73. The summed E-state index contributed by atoms with van der Waals surface area (Å²) in [6, 6.07) is 2.50. The number of rotatable bonds is 4. The van der Waals surface area contributed by atoms with E-state index in [1.165, 1.54) is 12.1 Å². The number of nitrogens with one attached hydrogen (secondary N) is 1. The monoisotopic (exact) mass is 395 g/mol. The Morgan fingerprint density at radius 2 is 1.93 bits per heavy atom. The Morgan fingerprint density at radius 3 is 2.59 bits per heavy atom. The van der Waals surface area contributed by atoms with Crippen LogP contribution in [0.1, 0.15) is 32.6 Å². The average Bonchev–Trinajstić information content (AvgIpc) is 2.82. The van der Waals surface area contributed by atoms with Gasteiger partial charge >= 0.3 is 17.8 Å². The van der Waals surface area contributed by atoms with E-state index in [4.69, 9.17) is 11.6 Å². The van der Waals surface area contributed by atoms with Gasteiger partial charge in [-0.1, -0.05) is 31.4 Å². The molecule has 2 fully saturated rings. The summed E-state index contributed by atoms with van der Waals surface area (Å²) >= 11 is 5.66. The van der Waals surface area contributed by atoms with Crippen LogP contribution in [0.4, 0.5) is 14.9 Å². The van der Waals surface area contributed by atoms with Gasteiger partial charge in [0.05, 0.1) is 5.02 Å². The molecule has 2 atom stereocenters. The van der Waals surface area contributed by atoms with E-state index in [-0.39, 0.29) is 22.7 Å². The number of amides is 5. The predicted molar refractivity (Wildman–Crippen MR) is 95.4 cm³/mol. The van der Waals surface area contributed by atoms with Gasteiger partial charge in [0.1, 0.15) is 12.4 Å². The van der Waals surface area contributed by atoms with E-state index in [9.17, 15) is 23.6 Å². The predicted octanol–water partition coefficient (Wildman–Crippen LogP) is 2.79. The zero-order chi connectivity index (χ0) is 19.7. The Labute approximate surface area is 160 Å². The van der Waals surface area contributed by atoms with Crippen LogP contribution >= 0.6 is 11.6 Å². The quantitative estimate of drug-likeness (QED) is 0.627. The molecule has 0 radical (unpaired) electrons. The van der Waals surface area contributed by atoms with Gasteiger partial charge in [0.25, 0.3) is 0 Å². The van der Waals surface area contributed by atoms with Crippen molar-refractivity contribution in [3.8, 4) is 0 Å². The standard InChI is InChI=1S/C18H19ClFN3O4/c1-10-4-2-3-5-14(10)23-17(26)16(25)22(18(23)27)9-15(24)21-11-6-7-13(20)12(19)8-11/h6-8,10,14H,2-5,9H2,1H3,(H,21,24)/t10-,14+/m1/s1. The molecule has 1 aliphatic heterocycles. The highest BCUT2D eigenvalue weighted by atomic mass is 35.5. The summed E-state index contributed by atoms with van der Waals surface area (Å²) in [5.41, 5.74) is 0.217. The van der Waals surface area contributed by atoms with Gasteiger partial charge in [-0.2, -0.15) is 0 Å². The normalized spacial score (nSPS) is 23.1. The van der Waals surface area contributed by atoms with Crippen LogP contribution in [0.2, 0.25) is 5.02 Å². The Bertz CT molecular complexity index is 816. The van der Waals surface area contributed by atoms with Gasteiger partial charge in [0.2, 0.25) is 5.91 Å². The van der Waals surface area contributed by atoms with Gasteiger partial charge in [-0.15, -0.1) is 0 Å². The molecule has 0 aromatic heterocycles. The third-order valence-electron chi connectivity index (χ3n) is 4.99. The molecule has 1 aliphatic carbocycles. The summed E-state index contributed by atoms with van der Waals surface area (Å²) in [5.74, 6) is -3.12. The van der Waals surface area contributed by atoms with Crippen LogP contribution in [-0.4, -0.2) is 46.1 Å². The van der Waals surface area contributed by atoms with Crippen LogP contribution in [0.3, 0.4) is 0 Å². The van der Waals surface area contributed by atoms with Gasteiger partial charge < -0.3 is 5.32 Å². The van der Waals surface area contributed by atoms with Crippen molar-refractivity contribution in [2.24, 2.45) is 5.92 Å². The molecule has 0 spiro atoms. The topological polar surface area (TPSA) is 86.8 Å². The van der Waals surface area contributed by atoms with Crippen molar-refractivity contribution in [1.29, 1.82) is 0 Å². The number of carbonyl (C=O) groups excluding carboxylic acids is 4. The van der Waals surface area contributed by atoms with Gasteiger partial charge in [-0.25, -0.2) is 14.1 Å². The van der Waals surface area contributed by atoms with Crippen molar-refractivity contribution < 1.29 is 23.6 Å². The minimum atomic E-state index is -1.01. The Kier molecular flexibility index (Phi) is 5.46. The number of hydrogen-bond acceptors (Lipinski definition) is 4. The molecule has 9 heteroatoms. The van der Waals surface area contributed by atoms with Crippen LogP contribution in [0.15, 0.2) is 18.2 Å². The number of anilines is 1. The van der Waals surface area contributed by atoms with E-state index < -0.39 is 36.1 Å². The number of urea groups is 1. The molecule has 1 heterocycles. The molecule has 1 saturated carbocycles. The number of carbonyl (C=O) groups is 4. The van der Waals surface area contributed by atoms with E-state index >= 15 is 0 Å². The fourth-order valence-corrected chi connectivity index (χ4v) is 3.73. The van der Waals surface area contributed by atoms with Gasteiger partial charge in [0, 0.05) is 11.7 Å². The fourth-order valence-electron chi connectivity index (χ4n) is 3.55. The fraction of sp³-hybridized carbons (Fsp3) is 0.444. The zero-order valence-electron chi connectivity index (χ0n) is 14.7. The lowest BCUT2D eigenvalue weighted by Gasteiger charge is -2.34. The lowest BCUT2D eigenvalue weighted by atomic mass is 9.85. The lowest BCUT2D eigenvalue weighted by Crippen LogP contribution is -2.46. The van der Waals surface area contributed by atoms with Crippen LogP contribution < -0.4 is 5.32 Å². The minimum absolute atomic E-state index is 0.106. The van der Waals surface area contributed by atoms with Gasteiger partial charge in [-0.05, 0) is 37.0 Å². The second kappa shape index (κ2) is 7.64. The molecule has 3 rings (SSSR count). The van der Waals surface area contributed by atoms with Gasteiger partial charge in [0.15, 0.2) is 0 Å². The maximum Gasteiger partial charge on any atom is 0.334 e. The highest BCUT2D eigenvalue weighted by Gasteiger charge is 2.49. The first-order chi connectivity index (χ1) is 12.8. The van der Waals surface area contributed by atoms with Crippen molar-refractivity contribution in [1.82, 2.24) is 9.80 Å². The summed E-state index contributed by atoms with van der Waals surface area (Å²) in [7, 11) is 0. The number of nitrogens with zero attached hydrogens (tertiary/aromatic N) is 2. The molecular formula is C18H19ClFN3O4. The third-order valence-corrected chi connectivity index (χ3v) is 5.28. The van der Waals surface area contributed by atoms with Crippen molar-refractivity contribution >= 4 is 41.0 Å². The summed E-state index contributed by atoms with van der Waals surface area (Å²) in [6.45, 7) is 1.35. The number of hydrogen-bond donors (Lipinski definition) is 1. The second-order valence-electron chi connectivity index (χ2n) is 6.86. The maximum absolute atomic E-state index is 13.2. The Balaban J connectivity index is 1.70. The molecule has 1 saturated heterocycles. The number of benzene rings is 1. The van der Waals surface area contributed by atoms with Crippen LogP contribution in [0.25, 0.3) is 0 Å². The average molecular weight is 396 g/mol. The minimum Gasteiger partial charge on any atom is -0.324 e. The molecule has 0 bridgehead atoms. The largest absolute Gasteiger partial charge is 0.334 e. The summed E-state index contributed by atoms with van der Waals surface area (Å²) in [4.78, 5) is 51.0. The molecule has 1 aromatic rings. The summed E-state index contributed by atoms with van der Waals surface area (Å²) in [5, 5.41) is 2.26. The molecule has 144 valence electrons. The molecule has 0 unspecified atom stereocenters. The summed E-state index contributed by atoms with van der Waals surface area (Å²) < 4.78 is 13.2. The molecule has 2 aliphatic rings. The van der Waals surface area contributed by atoms with E-state index in [1.807, 2.05) is 6.92 Å². The molecule has 5 amide bonds. The lowest BCUT2D eigenvalue weighted by molar-refractivity contribution is -0.145. The first kappa shape index (κ1) is 19.3. The van der Waals surface area contributed by atoms with Crippen molar-refractivity contribution in [3.63, 3.8) is 0 Å². The number of halogens is 2. The Hall–Kier alpha value is -2.48. The number of imide groups is 2. The van der Waals surface area contributed by atoms with Crippen molar-refractivity contribution in [3.05, 3.63) is 29.0 Å². The molecule has 1 aromatic carbocycles. The van der Waals surface area contributed by atoms with Crippen LogP contribution in [-0.2, 0) is 14.4 Å². The highest BCUT2D eigenvalue weighted by Crippen LogP contribution is 2.31. The highest BCUT2D eigenvalue weighted by molar-refractivity contribution is 6.45. The van der Waals surface area contributed by atoms with Gasteiger partial charge in [-0.3, -0.25) is 19.3 Å². The SMILES string of the molecule is C[C@@H]1CCCC[C@@H]1N1C(=O)C(=O)N(CC(=O)Nc2ccc(F)c(Cl)c2)C1=O. The van der Waals surface area contributed by atoms with Crippen LogP contribution in [0.5, 0.6) is 0 Å². The van der Waals surface area contributed by atoms with E-state index in [1.54, 1.807) is 0 Å². The Morgan fingerprint density at radius 1 is 1.22 bits per heavy atom. The smallest absolute Gasteiger partial charge is 0.324 e. The zero-order valence-corrected chi connectivity index (χ0v) is 15.5. The van der Waals surface area contributed by atoms with E-state index in [2.05, 4.69) is 5.32 Å². The second-order valence-corrected chi connectivity index (χ2v) is 7.26. The van der Waals surface area contributed by atoms with E-state index in [0.29, 0.717) is 11.3 Å². The third kappa shape index (κ3) is 3.80. The van der Waals surface area contributed by atoms with Crippen molar-refractivity contribution in [2.45, 2.75) is 38.6 Å². The van der Waals surface area contributed by atoms with E-state index in [0.717, 1.165) is 30.2 Å². The maximum atomic E-state index is 13.2. The molecule has 7 nitrogen and oxygen atoms in total. The van der Waals surface area contributed by atoms with Crippen LogP contribution in [0, 0.1) is 11.7 Å². The molecular weight excluding hydrogens is 377 g/mol. The molecule has 27 heavy (non-hydrogen) atoms. The first-order valence-corrected chi connectivity index (χ1v) is 9.11. The molecule has 1 N–H and O–H groups in total. The summed E-state index contributed by atoms with van der Waals surface area (Å²) in [6.07, 6.45) is 3.43.